The second-order valence-corrected chi connectivity index (χ2v) is 6.33. The van der Waals surface area contributed by atoms with Crippen LogP contribution in [0.5, 0.6) is 0 Å². The molecule has 0 aliphatic rings. The lowest BCUT2D eigenvalue weighted by Gasteiger charge is -2.23. The average Bonchev–Trinajstić information content (AvgIpc) is 2.45. The number of rotatable bonds is 6. The minimum absolute atomic E-state index is 0.796. The summed E-state index contributed by atoms with van der Waals surface area (Å²) in [4.78, 5) is 3.69. The van der Waals surface area contributed by atoms with Gasteiger partial charge in [0.05, 0.1) is 0 Å². The lowest BCUT2D eigenvalue weighted by atomic mass is 10.2. The van der Waals surface area contributed by atoms with Crippen molar-refractivity contribution in [3.05, 3.63) is 59.1 Å². The summed E-state index contributed by atoms with van der Waals surface area (Å²) >= 11 is 7.77. The molecule has 0 bridgehead atoms. The molecule has 2 aromatic rings. The summed E-state index contributed by atoms with van der Waals surface area (Å²) in [6, 6.07) is 16.7. The lowest BCUT2D eigenvalue weighted by molar-refractivity contribution is 0.871. The van der Waals surface area contributed by atoms with Gasteiger partial charge in [0.15, 0.2) is 0 Å². The fraction of sp³-hybridized carbons (Fsp3) is 0.294. The first-order chi connectivity index (χ1) is 9.69. The maximum absolute atomic E-state index is 5.90. The van der Waals surface area contributed by atoms with Crippen LogP contribution in [0.1, 0.15) is 12.5 Å². The average molecular weight is 306 g/mol. The summed E-state index contributed by atoms with van der Waals surface area (Å²) < 4.78 is 0. The summed E-state index contributed by atoms with van der Waals surface area (Å²) in [5, 5.41) is 0.796. The number of hydrogen-bond acceptors (Lipinski definition) is 2. The highest BCUT2D eigenvalue weighted by Gasteiger charge is 2.04. The Balaban J connectivity index is 1.89. The van der Waals surface area contributed by atoms with Crippen LogP contribution in [-0.4, -0.2) is 18.8 Å². The molecule has 0 amide bonds. The van der Waals surface area contributed by atoms with E-state index in [4.69, 9.17) is 11.6 Å². The molecule has 0 saturated heterocycles. The molecule has 20 heavy (non-hydrogen) atoms. The van der Waals surface area contributed by atoms with E-state index in [9.17, 15) is 0 Å². The van der Waals surface area contributed by atoms with Gasteiger partial charge in [0, 0.05) is 34.4 Å². The smallest absolute Gasteiger partial charge is 0.0406 e. The Labute approximate surface area is 130 Å². The van der Waals surface area contributed by atoms with Gasteiger partial charge < -0.3 is 4.90 Å². The topological polar surface area (TPSA) is 3.24 Å². The zero-order valence-electron chi connectivity index (χ0n) is 12.0. The molecule has 0 fully saturated rings. The predicted molar refractivity (Wildman–Crippen MR) is 91.2 cm³/mol. The number of anilines is 1. The van der Waals surface area contributed by atoms with Crippen LogP contribution in [0.2, 0.25) is 5.02 Å². The van der Waals surface area contributed by atoms with Crippen molar-refractivity contribution >= 4 is 29.1 Å². The largest absolute Gasteiger partial charge is 0.371 e. The molecule has 0 aliphatic heterocycles. The van der Waals surface area contributed by atoms with Gasteiger partial charge in [-0.25, -0.2) is 0 Å². The van der Waals surface area contributed by atoms with Crippen LogP contribution in [0.25, 0.3) is 0 Å². The molecule has 0 heterocycles. The summed E-state index contributed by atoms with van der Waals surface area (Å²) in [6.45, 7) is 6.42. The van der Waals surface area contributed by atoms with Crippen molar-refractivity contribution in [3.8, 4) is 0 Å². The van der Waals surface area contributed by atoms with E-state index in [1.54, 1.807) is 0 Å². The maximum atomic E-state index is 5.90. The van der Waals surface area contributed by atoms with Gasteiger partial charge in [0.1, 0.15) is 0 Å². The van der Waals surface area contributed by atoms with Crippen molar-refractivity contribution in [1.82, 2.24) is 0 Å². The van der Waals surface area contributed by atoms with Crippen LogP contribution in [0.4, 0.5) is 5.69 Å². The quantitative estimate of drug-likeness (QED) is 0.669. The molecule has 0 saturated carbocycles. The molecule has 2 aromatic carbocycles. The Kier molecular flexibility index (Phi) is 5.81. The molecule has 0 aliphatic carbocycles. The van der Waals surface area contributed by atoms with Crippen molar-refractivity contribution < 1.29 is 0 Å². The van der Waals surface area contributed by atoms with E-state index in [-0.39, 0.29) is 0 Å². The molecule has 3 heteroatoms. The molecule has 106 valence electrons. The maximum Gasteiger partial charge on any atom is 0.0406 e. The monoisotopic (exact) mass is 305 g/mol. The van der Waals surface area contributed by atoms with Crippen LogP contribution in [0.3, 0.4) is 0 Å². The van der Waals surface area contributed by atoms with Gasteiger partial charge in [-0.3, -0.25) is 0 Å². The highest BCUT2D eigenvalue weighted by Crippen LogP contribution is 2.22. The second-order valence-electron chi connectivity index (χ2n) is 4.72. The number of benzene rings is 2. The predicted octanol–water partition coefficient (Wildman–Crippen LogP) is 5.27. The summed E-state index contributed by atoms with van der Waals surface area (Å²) in [5.74, 6) is 1.07. The summed E-state index contributed by atoms with van der Waals surface area (Å²) in [6.07, 6.45) is 0. The van der Waals surface area contributed by atoms with Crippen molar-refractivity contribution in [3.63, 3.8) is 0 Å². The molecule has 2 rings (SSSR count). The third kappa shape index (κ3) is 4.46. The Morgan fingerprint density at radius 1 is 1.10 bits per heavy atom. The van der Waals surface area contributed by atoms with E-state index in [2.05, 4.69) is 55.1 Å². The molecule has 0 aromatic heterocycles. The van der Waals surface area contributed by atoms with Gasteiger partial charge in [-0.15, -0.1) is 11.8 Å². The van der Waals surface area contributed by atoms with Crippen LogP contribution >= 0.6 is 23.4 Å². The number of aryl methyl sites for hydroxylation is 1. The fourth-order valence-corrected chi connectivity index (χ4v) is 3.10. The van der Waals surface area contributed by atoms with Crippen molar-refractivity contribution in [2.45, 2.75) is 18.7 Å². The first-order valence-corrected chi connectivity index (χ1v) is 8.25. The van der Waals surface area contributed by atoms with E-state index < -0.39 is 0 Å². The van der Waals surface area contributed by atoms with Crippen LogP contribution < -0.4 is 4.90 Å². The van der Waals surface area contributed by atoms with Crippen LogP contribution in [0.15, 0.2) is 53.4 Å². The van der Waals surface area contributed by atoms with Crippen LogP contribution in [0, 0.1) is 6.92 Å². The lowest BCUT2D eigenvalue weighted by Crippen LogP contribution is -2.25. The van der Waals surface area contributed by atoms with E-state index in [0.717, 1.165) is 23.9 Å². The summed E-state index contributed by atoms with van der Waals surface area (Å²) in [5.41, 5.74) is 2.62. The van der Waals surface area contributed by atoms with Gasteiger partial charge in [-0.1, -0.05) is 23.7 Å². The minimum atomic E-state index is 0.796. The molecule has 0 spiro atoms. The third-order valence-corrected chi connectivity index (χ3v) is 4.44. The molecular weight excluding hydrogens is 286 g/mol. The number of halogens is 1. The molecule has 1 nitrogen and oxygen atoms in total. The number of nitrogens with zero attached hydrogens (tertiary/aromatic N) is 1. The molecule has 0 radical (unpaired) electrons. The van der Waals surface area contributed by atoms with Gasteiger partial charge >= 0.3 is 0 Å². The first-order valence-electron chi connectivity index (χ1n) is 6.89. The van der Waals surface area contributed by atoms with Crippen molar-refractivity contribution in [2.24, 2.45) is 0 Å². The normalized spacial score (nSPS) is 10.6. The highest BCUT2D eigenvalue weighted by molar-refractivity contribution is 7.99. The zero-order chi connectivity index (χ0) is 14.4. The van der Waals surface area contributed by atoms with E-state index in [0.29, 0.717) is 0 Å². The van der Waals surface area contributed by atoms with Crippen molar-refractivity contribution in [2.75, 3.05) is 23.7 Å². The Hall–Kier alpha value is -1.12. The van der Waals surface area contributed by atoms with Gasteiger partial charge in [0.2, 0.25) is 0 Å². The van der Waals surface area contributed by atoms with E-state index in [1.165, 1.54) is 16.1 Å². The van der Waals surface area contributed by atoms with E-state index >= 15 is 0 Å². The molecule has 0 N–H and O–H groups in total. The zero-order valence-corrected chi connectivity index (χ0v) is 13.5. The summed E-state index contributed by atoms with van der Waals surface area (Å²) in [7, 11) is 0. The van der Waals surface area contributed by atoms with Crippen LogP contribution in [-0.2, 0) is 0 Å². The third-order valence-electron chi connectivity index (χ3n) is 3.19. The number of thioether (sulfide) groups is 1. The Morgan fingerprint density at radius 2 is 1.85 bits per heavy atom. The fourth-order valence-electron chi connectivity index (χ4n) is 2.10. The molecular formula is C17H20ClNS. The highest BCUT2D eigenvalue weighted by atomic mass is 35.5. The SMILES string of the molecule is CCN(CCSc1ccc(Cl)cc1)c1cccc(C)c1. The standard InChI is InChI=1S/C17H20ClNS/c1-3-19(16-6-4-5-14(2)13-16)11-12-20-17-9-7-15(18)8-10-17/h4-10,13H,3,11-12H2,1-2H3. The molecule has 0 unspecified atom stereocenters. The Bertz CT molecular complexity index is 539. The van der Waals surface area contributed by atoms with Gasteiger partial charge in [0.25, 0.3) is 0 Å². The van der Waals surface area contributed by atoms with Crippen molar-refractivity contribution in [1.29, 1.82) is 0 Å². The van der Waals surface area contributed by atoms with Gasteiger partial charge in [-0.2, -0.15) is 0 Å². The Morgan fingerprint density at radius 3 is 2.50 bits per heavy atom. The number of hydrogen-bond donors (Lipinski definition) is 0. The van der Waals surface area contributed by atoms with Gasteiger partial charge in [-0.05, 0) is 55.8 Å². The minimum Gasteiger partial charge on any atom is -0.371 e. The first kappa shape index (κ1) is 15.3. The van der Waals surface area contributed by atoms with E-state index in [1.807, 2.05) is 23.9 Å². The molecule has 0 atom stereocenters. The second kappa shape index (κ2) is 7.61.